The quantitative estimate of drug-likeness (QED) is 0.308. The van der Waals surface area contributed by atoms with Crippen LogP contribution >= 0.6 is 0 Å². The number of nitrogens with one attached hydrogen (secondary N) is 1. The molecule has 1 rings (SSSR count). The highest BCUT2D eigenvalue weighted by molar-refractivity contribution is 5.72. The summed E-state index contributed by atoms with van der Waals surface area (Å²) in [5.74, 6) is -1.15. The summed E-state index contributed by atoms with van der Waals surface area (Å²) in [4.78, 5) is 10.6. The number of carbonyl (C=O) groups is 1. The molecule has 6 atom stereocenters. The van der Waals surface area contributed by atoms with Gasteiger partial charge in [-0.3, -0.25) is 10.1 Å². The topological polar surface area (TPSA) is 139 Å². The van der Waals surface area contributed by atoms with Crippen molar-refractivity contribution in [2.45, 2.75) is 43.6 Å². The van der Waals surface area contributed by atoms with Crippen LogP contribution in [0.25, 0.3) is 0 Å². The van der Waals surface area contributed by atoms with Gasteiger partial charge in [0.1, 0.15) is 36.7 Å². The second-order valence-electron chi connectivity index (χ2n) is 3.98. The van der Waals surface area contributed by atoms with Crippen LogP contribution in [0.1, 0.15) is 6.92 Å². The number of rotatable bonds is 4. The Balaban J connectivity index is 2.68. The Labute approximate surface area is 97.4 Å². The minimum absolute atomic E-state index is 0.551. The van der Waals surface area contributed by atoms with Gasteiger partial charge in [-0.05, 0) is 6.92 Å². The molecule has 0 aromatic rings. The zero-order valence-electron chi connectivity index (χ0n) is 9.22. The Bertz CT molecular complexity index is 272. The van der Waals surface area contributed by atoms with Gasteiger partial charge in [-0.2, -0.15) is 0 Å². The van der Waals surface area contributed by atoms with Crippen molar-refractivity contribution < 1.29 is 35.1 Å². The van der Waals surface area contributed by atoms with Gasteiger partial charge in [0.25, 0.3) is 0 Å². The van der Waals surface area contributed by atoms with Crippen molar-refractivity contribution in [3.8, 4) is 0 Å². The molecule has 0 aromatic heterocycles. The van der Waals surface area contributed by atoms with Crippen LogP contribution in [0.2, 0.25) is 0 Å². The van der Waals surface area contributed by atoms with Gasteiger partial charge in [-0.15, -0.1) is 0 Å². The van der Waals surface area contributed by atoms with Crippen molar-refractivity contribution in [3.05, 3.63) is 0 Å². The summed E-state index contributed by atoms with van der Waals surface area (Å²) in [5.41, 5.74) is 0. The average molecular weight is 251 g/mol. The molecule has 100 valence electrons. The fourth-order valence-corrected chi connectivity index (χ4v) is 1.56. The fraction of sp³-hybridized carbons (Fsp3) is 0.889. The molecule has 0 aliphatic carbocycles. The van der Waals surface area contributed by atoms with Crippen LogP contribution in [-0.4, -0.2) is 74.8 Å². The summed E-state index contributed by atoms with van der Waals surface area (Å²) < 4.78 is 5.07. The molecule has 1 heterocycles. The molecule has 0 radical (unpaired) electrons. The lowest BCUT2D eigenvalue weighted by Gasteiger charge is -2.40. The Hall–Kier alpha value is -0.770. The van der Waals surface area contributed by atoms with E-state index in [-0.39, 0.29) is 0 Å². The van der Waals surface area contributed by atoms with E-state index in [0.717, 1.165) is 0 Å². The average Bonchev–Trinajstić information content (AvgIpc) is 2.29. The van der Waals surface area contributed by atoms with Gasteiger partial charge in [-0.25, -0.2) is 0 Å². The molecule has 6 N–H and O–H groups in total. The number of aliphatic carboxylic acids is 1. The highest BCUT2D eigenvalue weighted by Crippen LogP contribution is 2.19. The Morgan fingerprint density at radius 3 is 2.35 bits per heavy atom. The summed E-state index contributed by atoms with van der Waals surface area (Å²) >= 11 is 0. The summed E-state index contributed by atoms with van der Waals surface area (Å²) in [7, 11) is 0. The molecule has 0 amide bonds. The van der Waals surface area contributed by atoms with Crippen molar-refractivity contribution in [2.75, 3.05) is 6.61 Å². The molecule has 1 aliphatic heterocycles. The largest absolute Gasteiger partial charge is 0.480 e. The number of aliphatic hydroxyl groups is 4. The van der Waals surface area contributed by atoms with E-state index in [9.17, 15) is 20.1 Å². The summed E-state index contributed by atoms with van der Waals surface area (Å²) in [6, 6.07) is -1.00. The predicted molar refractivity (Wildman–Crippen MR) is 54.0 cm³/mol. The van der Waals surface area contributed by atoms with E-state index in [1.807, 2.05) is 0 Å². The Kier molecular flexibility index (Phi) is 4.80. The van der Waals surface area contributed by atoms with Crippen LogP contribution in [0, 0.1) is 0 Å². The molecule has 8 heteroatoms. The molecule has 0 saturated carbocycles. The Morgan fingerprint density at radius 2 is 1.88 bits per heavy atom. The Morgan fingerprint density at radius 1 is 1.29 bits per heavy atom. The molecule has 0 spiro atoms. The van der Waals surface area contributed by atoms with Crippen molar-refractivity contribution in [2.24, 2.45) is 0 Å². The van der Waals surface area contributed by atoms with E-state index in [0.29, 0.717) is 0 Å². The third kappa shape index (κ3) is 3.12. The van der Waals surface area contributed by atoms with Gasteiger partial charge in [-0.1, -0.05) is 0 Å². The third-order valence-corrected chi connectivity index (χ3v) is 2.68. The number of carboxylic acid groups (broad SMARTS) is 1. The molecular weight excluding hydrogens is 234 g/mol. The monoisotopic (exact) mass is 251 g/mol. The minimum atomic E-state index is -1.51. The van der Waals surface area contributed by atoms with Crippen LogP contribution < -0.4 is 5.32 Å². The SMILES string of the molecule is C[C@@H](N[C@H]1O[C@H](CO)[C@H](O)[C@H](O)[C@H]1O)C(=O)O. The molecule has 1 fully saturated rings. The fourth-order valence-electron chi connectivity index (χ4n) is 1.56. The number of hydrogen-bond donors (Lipinski definition) is 6. The highest BCUT2D eigenvalue weighted by atomic mass is 16.6. The van der Waals surface area contributed by atoms with E-state index in [2.05, 4.69) is 5.32 Å². The van der Waals surface area contributed by atoms with E-state index in [1.54, 1.807) is 0 Å². The molecule has 0 aromatic carbocycles. The molecule has 8 nitrogen and oxygen atoms in total. The second kappa shape index (κ2) is 5.71. The lowest BCUT2D eigenvalue weighted by atomic mass is 9.98. The first kappa shape index (κ1) is 14.3. The van der Waals surface area contributed by atoms with Crippen LogP contribution in [0.15, 0.2) is 0 Å². The molecule has 1 saturated heterocycles. The number of hydrogen-bond acceptors (Lipinski definition) is 7. The lowest BCUT2D eigenvalue weighted by molar-refractivity contribution is -0.238. The maximum absolute atomic E-state index is 10.6. The van der Waals surface area contributed by atoms with E-state index in [4.69, 9.17) is 14.9 Å². The lowest BCUT2D eigenvalue weighted by Crippen LogP contribution is -2.64. The zero-order chi connectivity index (χ0) is 13.2. The first-order valence-electron chi connectivity index (χ1n) is 5.17. The zero-order valence-corrected chi connectivity index (χ0v) is 9.22. The van der Waals surface area contributed by atoms with Gasteiger partial charge in [0.2, 0.25) is 0 Å². The smallest absolute Gasteiger partial charge is 0.320 e. The van der Waals surface area contributed by atoms with Crippen LogP contribution in [0.3, 0.4) is 0 Å². The van der Waals surface area contributed by atoms with Gasteiger partial charge < -0.3 is 30.3 Å². The predicted octanol–water partition coefficient (Wildman–Crippen LogP) is -3.15. The van der Waals surface area contributed by atoms with Crippen LogP contribution in [0.5, 0.6) is 0 Å². The van der Waals surface area contributed by atoms with Crippen molar-refractivity contribution >= 4 is 5.97 Å². The van der Waals surface area contributed by atoms with E-state index in [1.165, 1.54) is 6.92 Å². The third-order valence-electron chi connectivity index (χ3n) is 2.68. The van der Waals surface area contributed by atoms with Gasteiger partial charge in [0.15, 0.2) is 0 Å². The maximum atomic E-state index is 10.6. The van der Waals surface area contributed by atoms with E-state index >= 15 is 0 Å². The molecule has 17 heavy (non-hydrogen) atoms. The highest BCUT2D eigenvalue weighted by Gasteiger charge is 2.43. The molecule has 0 unspecified atom stereocenters. The number of ether oxygens (including phenoxy) is 1. The van der Waals surface area contributed by atoms with Crippen LogP contribution in [0.4, 0.5) is 0 Å². The summed E-state index contributed by atoms with van der Waals surface area (Å²) in [6.07, 6.45) is -6.66. The maximum Gasteiger partial charge on any atom is 0.320 e. The summed E-state index contributed by atoms with van der Waals surface area (Å²) in [5, 5.41) is 48.5. The standard InChI is InChI=1S/C9H17NO7/c1-3(9(15)16)10-8-7(14)6(13)5(12)4(2-11)17-8/h3-8,10-14H,2H2,1H3,(H,15,16)/t3-,4-,5+,6+,7-,8+/m1/s1. The van der Waals surface area contributed by atoms with Crippen molar-refractivity contribution in [3.63, 3.8) is 0 Å². The molecule has 1 aliphatic rings. The van der Waals surface area contributed by atoms with Gasteiger partial charge >= 0.3 is 5.97 Å². The van der Waals surface area contributed by atoms with Gasteiger partial charge in [0, 0.05) is 0 Å². The first-order chi connectivity index (χ1) is 7.88. The molecular formula is C9H17NO7. The van der Waals surface area contributed by atoms with Crippen molar-refractivity contribution in [1.82, 2.24) is 5.32 Å². The number of carboxylic acids is 1. The van der Waals surface area contributed by atoms with Crippen molar-refractivity contribution in [1.29, 1.82) is 0 Å². The minimum Gasteiger partial charge on any atom is -0.480 e. The normalized spacial score (nSPS) is 39.9. The summed E-state index contributed by atoms with van der Waals surface area (Å²) in [6.45, 7) is 0.786. The molecule has 0 bridgehead atoms. The van der Waals surface area contributed by atoms with Gasteiger partial charge in [0.05, 0.1) is 6.61 Å². The van der Waals surface area contributed by atoms with E-state index < -0.39 is 49.3 Å². The second-order valence-corrected chi connectivity index (χ2v) is 3.98. The van der Waals surface area contributed by atoms with Crippen LogP contribution in [-0.2, 0) is 9.53 Å². The first-order valence-corrected chi connectivity index (χ1v) is 5.17. The number of aliphatic hydroxyl groups excluding tert-OH is 4.